The van der Waals surface area contributed by atoms with Crippen LogP contribution >= 0.6 is 11.3 Å². The SMILES string of the molecule is C[C@@H](CCc1nc2ccccc2s1)[C@@H]1CC[C@H]2[C@H]3CC[C@@H]4C[C@@H](OCCC(=O)[O-])CC[C@]4(C)[C@@H]3CC[C@@]21C. The Bertz CT molecular complexity index is 1110. The molecule has 1 heterocycles. The van der Waals surface area contributed by atoms with Gasteiger partial charge in [0, 0.05) is 12.4 Å². The third-order valence-corrected chi connectivity index (χ3v) is 13.3. The van der Waals surface area contributed by atoms with Crippen LogP contribution in [0.25, 0.3) is 10.2 Å². The van der Waals surface area contributed by atoms with E-state index in [1.807, 2.05) is 11.3 Å². The molecule has 0 aliphatic heterocycles. The maximum absolute atomic E-state index is 10.8. The Balaban J connectivity index is 1.09. The lowest BCUT2D eigenvalue weighted by atomic mass is 9.44. The van der Waals surface area contributed by atoms with Crippen LogP contribution in [-0.2, 0) is 16.0 Å². The van der Waals surface area contributed by atoms with E-state index in [0.717, 1.165) is 60.3 Å². The minimum atomic E-state index is -1.00. The van der Waals surface area contributed by atoms with Crippen LogP contribution in [0.15, 0.2) is 24.3 Å². The minimum Gasteiger partial charge on any atom is -0.550 e. The molecule has 38 heavy (non-hydrogen) atoms. The summed E-state index contributed by atoms with van der Waals surface area (Å²) in [7, 11) is 0. The number of hydrogen-bond acceptors (Lipinski definition) is 5. The van der Waals surface area contributed by atoms with E-state index in [0.29, 0.717) is 17.4 Å². The van der Waals surface area contributed by atoms with Crippen LogP contribution in [0.5, 0.6) is 0 Å². The highest BCUT2D eigenvalue weighted by Crippen LogP contribution is 2.68. The van der Waals surface area contributed by atoms with Gasteiger partial charge in [-0.25, -0.2) is 4.98 Å². The van der Waals surface area contributed by atoms with E-state index in [1.165, 1.54) is 61.1 Å². The molecule has 2 aromatic rings. The molecule has 0 amide bonds. The first kappa shape index (κ1) is 26.7. The van der Waals surface area contributed by atoms with Crippen LogP contribution < -0.4 is 5.11 Å². The molecule has 6 rings (SSSR count). The van der Waals surface area contributed by atoms with Crippen molar-refractivity contribution in [2.45, 2.75) is 104 Å². The highest BCUT2D eigenvalue weighted by Gasteiger charge is 2.60. The van der Waals surface area contributed by atoms with Gasteiger partial charge in [0.1, 0.15) is 0 Å². The largest absolute Gasteiger partial charge is 0.550 e. The average Bonchev–Trinajstić information content (AvgIpc) is 3.47. The van der Waals surface area contributed by atoms with Gasteiger partial charge in [0.05, 0.1) is 27.9 Å². The van der Waals surface area contributed by atoms with Gasteiger partial charge < -0.3 is 14.6 Å². The quantitative estimate of drug-likeness (QED) is 0.363. The maximum atomic E-state index is 10.8. The van der Waals surface area contributed by atoms with Crippen LogP contribution in [0.3, 0.4) is 0 Å². The van der Waals surface area contributed by atoms with Crippen LogP contribution in [0.2, 0.25) is 0 Å². The zero-order chi connectivity index (χ0) is 26.5. The van der Waals surface area contributed by atoms with Crippen molar-refractivity contribution in [2.24, 2.45) is 46.3 Å². The molecule has 4 fully saturated rings. The van der Waals surface area contributed by atoms with Crippen molar-refractivity contribution in [3.05, 3.63) is 29.3 Å². The van der Waals surface area contributed by atoms with E-state index in [-0.39, 0.29) is 12.5 Å². The van der Waals surface area contributed by atoms with Crippen LogP contribution in [0, 0.1) is 46.3 Å². The fourth-order valence-electron chi connectivity index (χ4n) is 10.2. The molecule has 0 bridgehead atoms. The van der Waals surface area contributed by atoms with Gasteiger partial charge in [-0.1, -0.05) is 32.9 Å². The Morgan fingerprint density at radius 2 is 1.87 bits per heavy atom. The van der Waals surface area contributed by atoms with Gasteiger partial charge >= 0.3 is 0 Å². The molecule has 0 N–H and O–H groups in total. The molecule has 1 aromatic carbocycles. The second kappa shape index (κ2) is 10.5. The molecule has 9 atom stereocenters. The first-order valence-electron chi connectivity index (χ1n) is 15.4. The summed E-state index contributed by atoms with van der Waals surface area (Å²) in [6.45, 7) is 8.14. The summed E-state index contributed by atoms with van der Waals surface area (Å²) in [4.78, 5) is 15.7. The molecule has 0 saturated heterocycles. The number of carbonyl (C=O) groups is 1. The number of nitrogens with zero attached hydrogens (tertiary/aromatic N) is 1. The van der Waals surface area contributed by atoms with Crippen molar-refractivity contribution in [3.8, 4) is 0 Å². The number of aliphatic carboxylic acids is 1. The Labute approximate surface area is 233 Å². The number of hydrogen-bond donors (Lipinski definition) is 0. The van der Waals surface area contributed by atoms with E-state index < -0.39 is 5.97 Å². The predicted molar refractivity (Wildman–Crippen MR) is 152 cm³/mol. The maximum Gasteiger partial charge on any atom is 0.0938 e. The second-order valence-electron chi connectivity index (χ2n) is 13.9. The number of ether oxygens (including phenoxy) is 1. The number of benzene rings is 1. The van der Waals surface area contributed by atoms with Crippen LogP contribution in [0.1, 0.15) is 96.4 Å². The topological polar surface area (TPSA) is 62.2 Å². The van der Waals surface area contributed by atoms with E-state index in [4.69, 9.17) is 9.72 Å². The number of aromatic nitrogens is 1. The van der Waals surface area contributed by atoms with Gasteiger partial charge in [-0.2, -0.15) is 0 Å². The van der Waals surface area contributed by atoms with Crippen molar-refractivity contribution < 1.29 is 14.6 Å². The molecule has 4 aliphatic rings. The molecule has 0 radical (unpaired) electrons. The number of para-hydroxylation sites is 1. The van der Waals surface area contributed by atoms with E-state index in [2.05, 4.69) is 45.0 Å². The molecule has 4 aliphatic carbocycles. The monoisotopic (exact) mass is 536 g/mol. The van der Waals surface area contributed by atoms with Crippen molar-refractivity contribution >= 4 is 27.5 Å². The minimum absolute atomic E-state index is 0.0174. The number of carboxylic acid groups (broad SMARTS) is 1. The summed E-state index contributed by atoms with van der Waals surface area (Å²) in [5, 5.41) is 12.1. The van der Waals surface area contributed by atoms with E-state index in [9.17, 15) is 9.90 Å². The Morgan fingerprint density at radius 3 is 2.68 bits per heavy atom. The van der Waals surface area contributed by atoms with E-state index >= 15 is 0 Å². The normalized spacial score (nSPS) is 39.3. The molecule has 5 heteroatoms. The Kier molecular flexibility index (Phi) is 7.39. The van der Waals surface area contributed by atoms with Gasteiger partial charge in [-0.15, -0.1) is 11.3 Å². The molecule has 4 nitrogen and oxygen atoms in total. The number of carboxylic acids is 1. The highest BCUT2D eigenvalue weighted by molar-refractivity contribution is 7.18. The lowest BCUT2D eigenvalue weighted by molar-refractivity contribution is -0.306. The lowest BCUT2D eigenvalue weighted by Gasteiger charge is -2.61. The van der Waals surface area contributed by atoms with E-state index in [1.54, 1.807) is 0 Å². The number of thiazole rings is 1. The lowest BCUT2D eigenvalue weighted by Crippen LogP contribution is -2.54. The molecule has 4 saturated carbocycles. The molecule has 0 unspecified atom stereocenters. The number of rotatable bonds is 8. The van der Waals surface area contributed by atoms with Gasteiger partial charge in [0.2, 0.25) is 0 Å². The average molecular weight is 537 g/mol. The molecule has 0 spiro atoms. The fraction of sp³-hybridized carbons (Fsp3) is 0.758. The Morgan fingerprint density at radius 1 is 1.08 bits per heavy atom. The standard InChI is InChI=1S/C33H47NO3S/c1-21(8-13-30-34-28-6-4-5-7-29(28)38-30)25-11-12-26-24-10-9-22-20-23(37-19-16-31(35)36)14-17-32(22,2)27(24)15-18-33(25,26)3/h4-7,21-27H,8-20H2,1-3H3,(H,35,36)/p-1/t21-,22+,23-,24+,25-,26-,27+,32-,33+/m0/s1. The van der Waals surface area contributed by atoms with Gasteiger partial charge in [0.15, 0.2) is 0 Å². The number of fused-ring (bicyclic) bond motifs is 6. The molecule has 208 valence electrons. The number of carbonyl (C=O) groups excluding carboxylic acids is 1. The number of aryl methyl sites for hydroxylation is 1. The van der Waals surface area contributed by atoms with Crippen LogP contribution in [-0.4, -0.2) is 23.7 Å². The summed E-state index contributed by atoms with van der Waals surface area (Å²) in [6.07, 6.45) is 14.5. The summed E-state index contributed by atoms with van der Waals surface area (Å²) >= 11 is 1.89. The zero-order valence-electron chi connectivity index (χ0n) is 23.6. The third-order valence-electron chi connectivity index (χ3n) is 12.2. The first-order valence-corrected chi connectivity index (χ1v) is 16.3. The molecular formula is C33H46NO3S-. The summed E-state index contributed by atoms with van der Waals surface area (Å²) in [6, 6.07) is 8.56. The van der Waals surface area contributed by atoms with Gasteiger partial charge in [-0.05, 0) is 129 Å². The zero-order valence-corrected chi connectivity index (χ0v) is 24.4. The van der Waals surface area contributed by atoms with Gasteiger partial charge in [0.25, 0.3) is 0 Å². The van der Waals surface area contributed by atoms with Crippen molar-refractivity contribution in [1.82, 2.24) is 4.98 Å². The van der Waals surface area contributed by atoms with Crippen molar-refractivity contribution in [2.75, 3.05) is 6.61 Å². The van der Waals surface area contributed by atoms with Crippen molar-refractivity contribution in [3.63, 3.8) is 0 Å². The molecular weight excluding hydrogens is 490 g/mol. The first-order chi connectivity index (χ1) is 18.3. The van der Waals surface area contributed by atoms with Gasteiger partial charge in [-0.3, -0.25) is 0 Å². The summed E-state index contributed by atoms with van der Waals surface area (Å²) in [5.41, 5.74) is 2.10. The summed E-state index contributed by atoms with van der Waals surface area (Å²) < 4.78 is 7.32. The third kappa shape index (κ3) is 4.74. The summed E-state index contributed by atoms with van der Waals surface area (Å²) in [5.74, 6) is 3.99. The fourth-order valence-corrected chi connectivity index (χ4v) is 11.2. The smallest absolute Gasteiger partial charge is 0.0938 e. The predicted octanol–water partition coefficient (Wildman–Crippen LogP) is 7.05. The second-order valence-corrected chi connectivity index (χ2v) is 15.0. The molecule has 1 aromatic heterocycles. The van der Waals surface area contributed by atoms with Crippen molar-refractivity contribution in [1.29, 1.82) is 0 Å². The Hall–Kier alpha value is -1.46. The highest BCUT2D eigenvalue weighted by atomic mass is 32.1. The van der Waals surface area contributed by atoms with Crippen LogP contribution in [0.4, 0.5) is 0 Å².